The second kappa shape index (κ2) is 7.11. The molecule has 0 bridgehead atoms. The van der Waals surface area contributed by atoms with Crippen molar-refractivity contribution < 1.29 is 4.74 Å². The molecule has 70 valence electrons. The molecule has 0 radical (unpaired) electrons. The quantitative estimate of drug-likeness (QED) is 0.648. The Balaban J connectivity index is 0.000000671. The van der Waals surface area contributed by atoms with Gasteiger partial charge in [-0.25, -0.2) is 4.98 Å². The Morgan fingerprint density at radius 3 is 2.54 bits per heavy atom. The van der Waals surface area contributed by atoms with Gasteiger partial charge in [-0.2, -0.15) is 0 Å². The van der Waals surface area contributed by atoms with Crippen LogP contribution >= 0.6 is 0 Å². The van der Waals surface area contributed by atoms with E-state index >= 15 is 0 Å². The SMILES string of the molecule is C#CCOc1cnc(C)cn1.CC. The monoisotopic (exact) mass is 178 g/mol. The lowest BCUT2D eigenvalue weighted by Crippen LogP contribution is -1.96. The first-order chi connectivity index (χ1) is 6.33. The predicted molar refractivity (Wildman–Crippen MR) is 52.4 cm³/mol. The van der Waals surface area contributed by atoms with Gasteiger partial charge in [0.25, 0.3) is 0 Å². The highest BCUT2D eigenvalue weighted by Crippen LogP contribution is 2.01. The number of aryl methyl sites for hydroxylation is 1. The summed E-state index contributed by atoms with van der Waals surface area (Å²) in [5.41, 5.74) is 0.859. The number of ether oxygens (including phenoxy) is 1. The third kappa shape index (κ3) is 4.81. The zero-order chi connectivity index (χ0) is 10.1. The van der Waals surface area contributed by atoms with Crippen LogP contribution in [0.25, 0.3) is 0 Å². The lowest BCUT2D eigenvalue weighted by Gasteiger charge is -1.98. The molecule has 1 heterocycles. The van der Waals surface area contributed by atoms with Crippen LogP contribution in [0, 0.1) is 19.3 Å². The van der Waals surface area contributed by atoms with Crippen molar-refractivity contribution in [2.24, 2.45) is 0 Å². The van der Waals surface area contributed by atoms with Gasteiger partial charge in [-0.1, -0.05) is 19.8 Å². The van der Waals surface area contributed by atoms with E-state index < -0.39 is 0 Å². The molecule has 0 spiro atoms. The fraction of sp³-hybridized carbons (Fsp3) is 0.400. The largest absolute Gasteiger partial charge is 0.463 e. The van der Waals surface area contributed by atoms with Gasteiger partial charge in [-0.15, -0.1) is 6.42 Å². The maximum absolute atomic E-state index is 5.00. The molecule has 0 fully saturated rings. The van der Waals surface area contributed by atoms with Gasteiger partial charge in [0.1, 0.15) is 0 Å². The van der Waals surface area contributed by atoms with E-state index in [4.69, 9.17) is 11.2 Å². The van der Waals surface area contributed by atoms with Gasteiger partial charge in [0, 0.05) is 0 Å². The number of rotatable bonds is 2. The zero-order valence-electron chi connectivity index (χ0n) is 8.24. The van der Waals surface area contributed by atoms with Crippen molar-refractivity contribution in [1.82, 2.24) is 9.97 Å². The smallest absolute Gasteiger partial charge is 0.233 e. The Morgan fingerprint density at radius 1 is 1.38 bits per heavy atom. The highest BCUT2D eigenvalue weighted by Gasteiger charge is 1.91. The van der Waals surface area contributed by atoms with Gasteiger partial charge in [0.05, 0.1) is 18.1 Å². The van der Waals surface area contributed by atoms with Gasteiger partial charge in [-0.05, 0) is 6.92 Å². The molecule has 0 aromatic carbocycles. The molecule has 0 aliphatic carbocycles. The molecule has 0 unspecified atom stereocenters. The maximum Gasteiger partial charge on any atom is 0.233 e. The summed E-state index contributed by atoms with van der Waals surface area (Å²) >= 11 is 0. The van der Waals surface area contributed by atoms with Crippen LogP contribution in [0.5, 0.6) is 5.88 Å². The van der Waals surface area contributed by atoms with Gasteiger partial charge < -0.3 is 4.74 Å². The molecule has 0 aliphatic heterocycles. The van der Waals surface area contributed by atoms with E-state index in [9.17, 15) is 0 Å². The van der Waals surface area contributed by atoms with E-state index in [1.54, 1.807) is 12.4 Å². The first-order valence-corrected chi connectivity index (χ1v) is 4.18. The Morgan fingerprint density at radius 2 is 2.08 bits per heavy atom. The minimum Gasteiger partial charge on any atom is -0.463 e. The maximum atomic E-state index is 5.00. The average Bonchev–Trinajstić information content (AvgIpc) is 2.20. The summed E-state index contributed by atoms with van der Waals surface area (Å²) in [5, 5.41) is 0. The third-order valence-electron chi connectivity index (χ3n) is 1.06. The molecule has 0 amide bonds. The van der Waals surface area contributed by atoms with E-state index in [2.05, 4.69) is 15.9 Å². The molecule has 1 aromatic heterocycles. The molecular weight excluding hydrogens is 164 g/mol. The standard InChI is InChI=1S/C8H8N2O.C2H6/c1-3-4-11-8-6-9-7(2)5-10-8;1-2/h1,5-6H,4H2,2H3;1-2H3. The summed E-state index contributed by atoms with van der Waals surface area (Å²) in [6.45, 7) is 6.09. The Kier molecular flexibility index (Phi) is 6.26. The summed E-state index contributed by atoms with van der Waals surface area (Å²) in [6.07, 6.45) is 8.16. The van der Waals surface area contributed by atoms with E-state index in [0.29, 0.717) is 5.88 Å². The predicted octanol–water partition coefficient (Wildman–Crippen LogP) is 1.82. The summed E-state index contributed by atoms with van der Waals surface area (Å²) in [6, 6.07) is 0. The molecule has 0 saturated heterocycles. The van der Waals surface area contributed by atoms with Crippen molar-refractivity contribution >= 4 is 0 Å². The fourth-order valence-electron chi connectivity index (χ4n) is 0.571. The van der Waals surface area contributed by atoms with Crippen LogP contribution in [0.15, 0.2) is 12.4 Å². The van der Waals surface area contributed by atoms with E-state index in [1.165, 1.54) is 0 Å². The van der Waals surface area contributed by atoms with Crippen LogP contribution < -0.4 is 4.74 Å². The van der Waals surface area contributed by atoms with Crippen LogP contribution in [0.1, 0.15) is 19.5 Å². The van der Waals surface area contributed by atoms with Crippen LogP contribution in [-0.2, 0) is 0 Å². The molecule has 1 aromatic rings. The molecule has 13 heavy (non-hydrogen) atoms. The lowest BCUT2D eigenvalue weighted by atomic mass is 10.5. The van der Waals surface area contributed by atoms with Crippen molar-refractivity contribution in [3.05, 3.63) is 18.1 Å². The van der Waals surface area contributed by atoms with Gasteiger partial charge in [0.15, 0.2) is 6.61 Å². The topological polar surface area (TPSA) is 35.0 Å². The Labute approximate surface area is 79.2 Å². The Hall–Kier alpha value is -1.56. The van der Waals surface area contributed by atoms with E-state index in [0.717, 1.165) is 5.69 Å². The molecule has 3 heteroatoms. The van der Waals surface area contributed by atoms with Gasteiger partial charge in [-0.3, -0.25) is 4.98 Å². The summed E-state index contributed by atoms with van der Waals surface area (Å²) in [5.74, 6) is 2.81. The van der Waals surface area contributed by atoms with Crippen molar-refractivity contribution in [1.29, 1.82) is 0 Å². The fourth-order valence-corrected chi connectivity index (χ4v) is 0.571. The van der Waals surface area contributed by atoms with Gasteiger partial charge >= 0.3 is 0 Å². The first-order valence-electron chi connectivity index (χ1n) is 4.18. The molecule has 0 saturated carbocycles. The molecule has 0 aliphatic rings. The lowest BCUT2D eigenvalue weighted by molar-refractivity contribution is 0.353. The molecule has 1 rings (SSSR count). The molecule has 3 nitrogen and oxygen atoms in total. The van der Waals surface area contributed by atoms with Crippen LogP contribution in [0.4, 0.5) is 0 Å². The second-order valence-corrected chi connectivity index (χ2v) is 1.99. The zero-order valence-corrected chi connectivity index (χ0v) is 8.24. The molecule has 0 atom stereocenters. The average molecular weight is 178 g/mol. The van der Waals surface area contributed by atoms with Crippen LogP contribution in [-0.4, -0.2) is 16.6 Å². The van der Waals surface area contributed by atoms with E-state index in [1.807, 2.05) is 20.8 Å². The highest BCUT2D eigenvalue weighted by molar-refractivity contribution is 5.06. The van der Waals surface area contributed by atoms with Crippen molar-refractivity contribution in [3.63, 3.8) is 0 Å². The summed E-state index contributed by atoms with van der Waals surface area (Å²) in [4.78, 5) is 7.91. The molecular formula is C10H14N2O. The highest BCUT2D eigenvalue weighted by atomic mass is 16.5. The van der Waals surface area contributed by atoms with Crippen LogP contribution in [0.2, 0.25) is 0 Å². The molecule has 0 N–H and O–H groups in total. The Bertz CT molecular complexity index is 261. The minimum absolute atomic E-state index is 0.234. The van der Waals surface area contributed by atoms with Crippen LogP contribution in [0.3, 0.4) is 0 Å². The number of aromatic nitrogens is 2. The number of terminal acetylenes is 1. The number of nitrogens with zero attached hydrogens (tertiary/aromatic N) is 2. The summed E-state index contributed by atoms with van der Waals surface area (Å²) < 4.78 is 5.00. The van der Waals surface area contributed by atoms with E-state index in [-0.39, 0.29) is 6.61 Å². The summed E-state index contributed by atoms with van der Waals surface area (Å²) in [7, 11) is 0. The first kappa shape index (κ1) is 11.4. The number of hydrogen-bond donors (Lipinski definition) is 0. The van der Waals surface area contributed by atoms with Crippen molar-refractivity contribution in [3.8, 4) is 18.2 Å². The van der Waals surface area contributed by atoms with Crippen molar-refractivity contribution in [2.75, 3.05) is 6.61 Å². The van der Waals surface area contributed by atoms with Crippen molar-refractivity contribution in [2.45, 2.75) is 20.8 Å². The normalized spacial score (nSPS) is 7.85. The minimum atomic E-state index is 0.234. The second-order valence-electron chi connectivity index (χ2n) is 1.99. The number of hydrogen-bond acceptors (Lipinski definition) is 3. The van der Waals surface area contributed by atoms with Gasteiger partial charge in [0.2, 0.25) is 5.88 Å². The third-order valence-corrected chi connectivity index (χ3v) is 1.06.